The molecule has 2 N–H and O–H groups in total. The van der Waals surface area contributed by atoms with Gasteiger partial charge in [0.05, 0.1) is 35.1 Å². The van der Waals surface area contributed by atoms with E-state index in [0.29, 0.717) is 37.8 Å². The fraction of sp³-hybridized carbons (Fsp3) is 0.560. The fourth-order valence-corrected chi connectivity index (χ4v) is 5.73. The lowest BCUT2D eigenvalue weighted by Crippen LogP contribution is -2.32. The van der Waals surface area contributed by atoms with E-state index in [4.69, 9.17) is 5.73 Å². The summed E-state index contributed by atoms with van der Waals surface area (Å²) in [6.45, 7) is 0.425. The molecule has 2 amide bonds. The molecular weight excluding hydrogens is 445 g/mol. The maximum Gasteiger partial charge on any atom is 0.416 e. The van der Waals surface area contributed by atoms with Gasteiger partial charge in [-0.15, -0.1) is 0 Å². The number of alkyl halides is 3. The summed E-state index contributed by atoms with van der Waals surface area (Å²) in [5, 5.41) is 4.59. The number of hydrogen-bond donors (Lipinski definition) is 1. The first-order valence-corrected chi connectivity index (χ1v) is 12.1. The van der Waals surface area contributed by atoms with E-state index in [1.54, 1.807) is 17.2 Å². The van der Waals surface area contributed by atoms with Crippen LogP contribution in [-0.4, -0.2) is 33.0 Å². The largest absolute Gasteiger partial charge is 0.416 e. The Hall–Kier alpha value is -2.84. The summed E-state index contributed by atoms with van der Waals surface area (Å²) in [4.78, 5) is 26.8. The van der Waals surface area contributed by atoms with E-state index >= 15 is 0 Å². The second kappa shape index (κ2) is 8.74. The van der Waals surface area contributed by atoms with Crippen LogP contribution in [0.25, 0.3) is 0 Å². The fourth-order valence-electron chi connectivity index (χ4n) is 5.73. The zero-order valence-electron chi connectivity index (χ0n) is 18.9. The average molecular weight is 475 g/mol. The van der Waals surface area contributed by atoms with Gasteiger partial charge in [0.25, 0.3) is 5.91 Å². The molecule has 1 aromatic heterocycles. The van der Waals surface area contributed by atoms with Crippen LogP contribution in [0.5, 0.6) is 0 Å². The molecular formula is C25H29F3N4O2. The van der Waals surface area contributed by atoms with Crippen molar-refractivity contribution in [1.82, 2.24) is 14.7 Å². The second-order valence-corrected chi connectivity index (χ2v) is 9.81. The predicted octanol–water partition coefficient (Wildman–Crippen LogP) is 4.97. The summed E-state index contributed by atoms with van der Waals surface area (Å²) in [5.41, 5.74) is 6.37. The molecule has 1 aromatic carbocycles. The number of benzene rings is 1. The molecule has 1 unspecified atom stereocenters. The van der Waals surface area contributed by atoms with Crippen LogP contribution in [0.1, 0.15) is 96.5 Å². The first kappa shape index (κ1) is 22.9. The van der Waals surface area contributed by atoms with Gasteiger partial charge in [-0.2, -0.15) is 18.3 Å². The van der Waals surface area contributed by atoms with Crippen LogP contribution in [0.3, 0.4) is 0 Å². The van der Waals surface area contributed by atoms with Crippen molar-refractivity contribution in [3.05, 3.63) is 52.8 Å². The molecule has 1 atom stereocenters. The summed E-state index contributed by atoms with van der Waals surface area (Å²) >= 11 is 0. The number of primary amides is 1. The van der Waals surface area contributed by atoms with Crippen molar-refractivity contribution in [1.29, 1.82) is 0 Å². The van der Waals surface area contributed by atoms with Crippen LogP contribution in [0.2, 0.25) is 0 Å². The topological polar surface area (TPSA) is 81.2 Å². The number of hydrogen-bond acceptors (Lipinski definition) is 3. The number of carbonyl (C=O) groups excluding carboxylic acids is 2. The summed E-state index contributed by atoms with van der Waals surface area (Å²) < 4.78 is 43.0. The Kier molecular flexibility index (Phi) is 5.90. The zero-order chi connectivity index (χ0) is 24.0. The lowest BCUT2D eigenvalue weighted by Gasteiger charge is -2.29. The molecule has 34 heavy (non-hydrogen) atoms. The normalized spacial score (nSPS) is 25.5. The van der Waals surface area contributed by atoms with Crippen LogP contribution < -0.4 is 5.73 Å². The van der Waals surface area contributed by atoms with Crippen LogP contribution in [0.4, 0.5) is 13.2 Å². The molecule has 2 aliphatic carbocycles. The van der Waals surface area contributed by atoms with Gasteiger partial charge >= 0.3 is 6.18 Å². The Balaban J connectivity index is 1.43. The van der Waals surface area contributed by atoms with Crippen LogP contribution in [-0.2, 0) is 11.0 Å². The molecule has 0 spiro atoms. The molecule has 1 aliphatic heterocycles. The highest BCUT2D eigenvalue weighted by atomic mass is 19.4. The molecule has 3 fully saturated rings. The van der Waals surface area contributed by atoms with E-state index in [9.17, 15) is 22.8 Å². The van der Waals surface area contributed by atoms with Gasteiger partial charge in [0.2, 0.25) is 5.91 Å². The number of halogens is 3. The Labute approximate surface area is 196 Å². The number of aromatic nitrogens is 2. The Morgan fingerprint density at radius 1 is 1.00 bits per heavy atom. The molecule has 1 saturated heterocycles. The minimum Gasteiger partial charge on any atom is -0.369 e. The third kappa shape index (κ3) is 4.20. The standard InChI is InChI=1S/C25H29F3N4O2/c26-25(27,28)20-5-2-1-4-18(20)21-6-3-13-31(21)24(34)19-14-30-32(22(19)15-7-8-15)17-11-9-16(10-12-17)23(29)33/h1-2,4-5,14-17,21H,3,6-13H2,(H2,29,33). The molecule has 3 aliphatic rings. The van der Waals surface area contributed by atoms with Gasteiger partial charge < -0.3 is 10.6 Å². The number of nitrogens with two attached hydrogens (primary N) is 1. The van der Waals surface area contributed by atoms with E-state index < -0.39 is 17.8 Å². The summed E-state index contributed by atoms with van der Waals surface area (Å²) in [5.74, 6) is -0.370. The Morgan fingerprint density at radius 3 is 2.35 bits per heavy atom. The maximum absolute atomic E-state index is 13.7. The highest BCUT2D eigenvalue weighted by molar-refractivity contribution is 5.96. The molecule has 2 saturated carbocycles. The zero-order valence-corrected chi connectivity index (χ0v) is 18.9. The van der Waals surface area contributed by atoms with E-state index in [0.717, 1.165) is 37.4 Å². The monoisotopic (exact) mass is 474 g/mol. The number of rotatable bonds is 5. The predicted molar refractivity (Wildman–Crippen MR) is 119 cm³/mol. The van der Waals surface area contributed by atoms with Crippen molar-refractivity contribution in [2.24, 2.45) is 11.7 Å². The lowest BCUT2D eigenvalue weighted by atomic mass is 9.85. The van der Waals surface area contributed by atoms with E-state index in [1.165, 1.54) is 12.1 Å². The summed E-state index contributed by atoms with van der Waals surface area (Å²) in [6, 6.07) is 5.06. The van der Waals surface area contributed by atoms with Gasteiger partial charge in [-0.25, -0.2) is 0 Å². The molecule has 2 heterocycles. The Morgan fingerprint density at radius 2 is 1.71 bits per heavy atom. The van der Waals surface area contributed by atoms with Crippen molar-refractivity contribution in [2.45, 2.75) is 75.5 Å². The summed E-state index contributed by atoms with van der Waals surface area (Å²) in [7, 11) is 0. The van der Waals surface area contributed by atoms with Gasteiger partial charge in [-0.3, -0.25) is 14.3 Å². The molecule has 0 radical (unpaired) electrons. The van der Waals surface area contributed by atoms with Crippen LogP contribution in [0.15, 0.2) is 30.5 Å². The van der Waals surface area contributed by atoms with Crippen LogP contribution >= 0.6 is 0 Å². The number of carbonyl (C=O) groups is 2. The third-order valence-electron chi connectivity index (χ3n) is 7.61. The number of nitrogens with zero attached hydrogens (tertiary/aromatic N) is 3. The maximum atomic E-state index is 13.7. The van der Waals surface area contributed by atoms with Crippen molar-refractivity contribution >= 4 is 11.8 Å². The highest BCUT2D eigenvalue weighted by Crippen LogP contribution is 2.46. The van der Waals surface area contributed by atoms with Gasteiger partial charge in [0.15, 0.2) is 0 Å². The molecule has 182 valence electrons. The van der Waals surface area contributed by atoms with Crippen molar-refractivity contribution in [3.63, 3.8) is 0 Å². The quantitative estimate of drug-likeness (QED) is 0.664. The number of amides is 2. The van der Waals surface area contributed by atoms with Crippen molar-refractivity contribution in [2.75, 3.05) is 6.54 Å². The smallest absolute Gasteiger partial charge is 0.369 e. The first-order valence-electron chi connectivity index (χ1n) is 12.1. The van der Waals surface area contributed by atoms with Crippen LogP contribution in [0, 0.1) is 5.92 Å². The van der Waals surface area contributed by atoms with E-state index in [2.05, 4.69) is 5.10 Å². The average Bonchev–Trinajstić information content (AvgIpc) is 3.37. The molecule has 2 aromatic rings. The summed E-state index contributed by atoms with van der Waals surface area (Å²) in [6.07, 6.45) is 3.19. The van der Waals surface area contributed by atoms with Gasteiger partial charge in [0.1, 0.15) is 0 Å². The molecule has 5 rings (SSSR count). The van der Waals surface area contributed by atoms with E-state index in [-0.39, 0.29) is 35.3 Å². The SMILES string of the molecule is NC(=O)C1CCC(n2ncc(C(=O)N3CCCC3c3ccccc3C(F)(F)F)c2C2CC2)CC1. The minimum atomic E-state index is -4.47. The molecule has 9 heteroatoms. The molecule has 0 bridgehead atoms. The van der Waals surface area contributed by atoms with Gasteiger partial charge in [0, 0.05) is 18.4 Å². The molecule has 6 nitrogen and oxygen atoms in total. The van der Waals surface area contributed by atoms with Crippen molar-refractivity contribution in [3.8, 4) is 0 Å². The van der Waals surface area contributed by atoms with Gasteiger partial charge in [-0.05, 0) is 63.0 Å². The van der Waals surface area contributed by atoms with Crippen molar-refractivity contribution < 1.29 is 22.8 Å². The Bertz CT molecular complexity index is 1080. The number of likely N-dealkylation sites (tertiary alicyclic amines) is 1. The first-order chi connectivity index (χ1) is 16.3. The third-order valence-corrected chi connectivity index (χ3v) is 7.61. The van der Waals surface area contributed by atoms with E-state index in [1.807, 2.05) is 4.68 Å². The highest BCUT2D eigenvalue weighted by Gasteiger charge is 2.42. The minimum absolute atomic E-state index is 0.105. The second-order valence-electron chi connectivity index (χ2n) is 9.81. The lowest BCUT2D eigenvalue weighted by molar-refractivity contribution is -0.138. The van der Waals surface area contributed by atoms with Gasteiger partial charge in [-0.1, -0.05) is 18.2 Å².